The van der Waals surface area contributed by atoms with Crippen LogP contribution in [0.15, 0.2) is 18.2 Å². The van der Waals surface area contributed by atoms with E-state index in [-0.39, 0.29) is 12.5 Å². The van der Waals surface area contributed by atoms with Gasteiger partial charge in [-0.05, 0) is 69.1 Å². The fraction of sp³-hybridized carbons (Fsp3) is 0.611. The second-order valence-electron chi connectivity index (χ2n) is 7.28. The molecule has 0 unspecified atom stereocenters. The molecule has 0 aromatic heterocycles. The van der Waals surface area contributed by atoms with E-state index in [1.165, 1.54) is 31.2 Å². The SMILES string of the molecule is CC(C)(CO)NC(=O)c1ccc(C2CC2)c(OCC2CC2)c1. The maximum Gasteiger partial charge on any atom is 0.251 e. The van der Waals surface area contributed by atoms with Gasteiger partial charge in [0.2, 0.25) is 0 Å². The summed E-state index contributed by atoms with van der Waals surface area (Å²) in [4.78, 5) is 12.3. The molecule has 0 saturated heterocycles. The third kappa shape index (κ3) is 3.80. The lowest BCUT2D eigenvalue weighted by Gasteiger charge is -2.23. The van der Waals surface area contributed by atoms with Gasteiger partial charge in [-0.2, -0.15) is 0 Å². The number of amides is 1. The van der Waals surface area contributed by atoms with Gasteiger partial charge in [0.1, 0.15) is 5.75 Å². The van der Waals surface area contributed by atoms with Crippen LogP contribution in [0, 0.1) is 5.92 Å². The van der Waals surface area contributed by atoms with Gasteiger partial charge >= 0.3 is 0 Å². The van der Waals surface area contributed by atoms with Gasteiger partial charge in [-0.15, -0.1) is 0 Å². The quantitative estimate of drug-likeness (QED) is 0.814. The standard InChI is InChI=1S/C18H25NO3/c1-18(2,11-20)19-17(21)14-7-8-15(13-5-6-13)16(9-14)22-10-12-3-4-12/h7-9,12-13,20H,3-6,10-11H2,1-2H3,(H,19,21). The van der Waals surface area contributed by atoms with Gasteiger partial charge < -0.3 is 15.2 Å². The van der Waals surface area contributed by atoms with Crippen LogP contribution in [0.5, 0.6) is 5.75 Å². The van der Waals surface area contributed by atoms with Crippen LogP contribution in [0.4, 0.5) is 0 Å². The number of carbonyl (C=O) groups is 1. The van der Waals surface area contributed by atoms with Crippen molar-refractivity contribution in [2.24, 2.45) is 5.92 Å². The van der Waals surface area contributed by atoms with Crippen molar-refractivity contribution < 1.29 is 14.6 Å². The Morgan fingerprint density at radius 1 is 1.32 bits per heavy atom. The number of hydrogen-bond donors (Lipinski definition) is 2. The molecule has 0 radical (unpaired) electrons. The Balaban J connectivity index is 1.75. The summed E-state index contributed by atoms with van der Waals surface area (Å²) in [7, 11) is 0. The fourth-order valence-electron chi connectivity index (χ4n) is 2.44. The maximum absolute atomic E-state index is 12.3. The summed E-state index contributed by atoms with van der Waals surface area (Å²) in [5.41, 5.74) is 1.21. The summed E-state index contributed by atoms with van der Waals surface area (Å²) < 4.78 is 5.98. The molecule has 3 rings (SSSR count). The van der Waals surface area contributed by atoms with Crippen LogP contribution in [0.1, 0.15) is 61.4 Å². The maximum atomic E-state index is 12.3. The Morgan fingerprint density at radius 3 is 2.64 bits per heavy atom. The molecule has 2 fully saturated rings. The monoisotopic (exact) mass is 303 g/mol. The highest BCUT2D eigenvalue weighted by Crippen LogP contribution is 2.45. The topological polar surface area (TPSA) is 58.6 Å². The lowest BCUT2D eigenvalue weighted by molar-refractivity contribution is 0.0869. The molecule has 1 aromatic carbocycles. The molecule has 0 bridgehead atoms. The number of hydrogen-bond acceptors (Lipinski definition) is 3. The Bertz CT molecular complexity index is 559. The average molecular weight is 303 g/mol. The molecule has 4 heteroatoms. The Labute approximate surface area is 131 Å². The highest BCUT2D eigenvalue weighted by Gasteiger charge is 2.29. The minimum atomic E-state index is -0.624. The van der Waals surface area contributed by atoms with E-state index >= 15 is 0 Å². The Morgan fingerprint density at radius 2 is 2.05 bits per heavy atom. The zero-order chi connectivity index (χ0) is 15.7. The van der Waals surface area contributed by atoms with Crippen molar-refractivity contribution in [2.45, 2.75) is 51.0 Å². The van der Waals surface area contributed by atoms with Gasteiger partial charge in [0.25, 0.3) is 5.91 Å². The van der Waals surface area contributed by atoms with Crippen LogP contribution < -0.4 is 10.1 Å². The number of benzene rings is 1. The first-order valence-corrected chi connectivity index (χ1v) is 8.18. The highest BCUT2D eigenvalue weighted by atomic mass is 16.5. The summed E-state index contributed by atoms with van der Waals surface area (Å²) in [5, 5.41) is 12.1. The van der Waals surface area contributed by atoms with E-state index < -0.39 is 5.54 Å². The first-order chi connectivity index (χ1) is 10.5. The lowest BCUT2D eigenvalue weighted by atomic mass is 10.0. The molecule has 120 valence electrons. The van der Waals surface area contributed by atoms with E-state index in [2.05, 4.69) is 5.32 Å². The van der Waals surface area contributed by atoms with Crippen molar-refractivity contribution in [3.05, 3.63) is 29.3 Å². The van der Waals surface area contributed by atoms with Crippen LogP contribution in [-0.2, 0) is 0 Å². The summed E-state index contributed by atoms with van der Waals surface area (Å²) in [6, 6.07) is 5.75. The van der Waals surface area contributed by atoms with Crippen molar-refractivity contribution in [2.75, 3.05) is 13.2 Å². The number of nitrogens with one attached hydrogen (secondary N) is 1. The van der Waals surface area contributed by atoms with Crippen LogP contribution in [-0.4, -0.2) is 29.8 Å². The summed E-state index contributed by atoms with van der Waals surface area (Å²) in [6.07, 6.45) is 4.93. The van der Waals surface area contributed by atoms with Crippen molar-refractivity contribution in [3.8, 4) is 5.75 Å². The molecule has 2 aliphatic rings. The Hall–Kier alpha value is -1.55. The third-order valence-corrected chi connectivity index (χ3v) is 4.31. The number of rotatable bonds is 7. The highest BCUT2D eigenvalue weighted by molar-refractivity contribution is 5.95. The second-order valence-corrected chi connectivity index (χ2v) is 7.28. The summed E-state index contributed by atoms with van der Waals surface area (Å²) in [5.74, 6) is 1.99. The number of ether oxygens (including phenoxy) is 1. The fourth-order valence-corrected chi connectivity index (χ4v) is 2.44. The molecule has 0 spiro atoms. The molecule has 22 heavy (non-hydrogen) atoms. The van der Waals surface area contributed by atoms with Gasteiger partial charge in [-0.1, -0.05) is 6.07 Å². The van der Waals surface area contributed by atoms with Crippen molar-refractivity contribution >= 4 is 5.91 Å². The van der Waals surface area contributed by atoms with Gasteiger partial charge in [0.05, 0.1) is 18.8 Å². The molecule has 2 saturated carbocycles. The molecular weight excluding hydrogens is 278 g/mol. The average Bonchev–Trinajstić information content (AvgIpc) is 3.38. The molecule has 0 aliphatic heterocycles. The van der Waals surface area contributed by atoms with Crippen molar-refractivity contribution in [3.63, 3.8) is 0 Å². The first-order valence-electron chi connectivity index (χ1n) is 8.18. The minimum Gasteiger partial charge on any atom is -0.493 e. The first kappa shape index (κ1) is 15.3. The molecule has 0 heterocycles. The minimum absolute atomic E-state index is 0.0933. The van der Waals surface area contributed by atoms with Gasteiger partial charge in [-0.3, -0.25) is 4.79 Å². The lowest BCUT2D eigenvalue weighted by Crippen LogP contribution is -2.46. The molecule has 0 atom stereocenters. The molecule has 2 N–H and O–H groups in total. The normalized spacial score (nSPS) is 18.1. The third-order valence-electron chi connectivity index (χ3n) is 4.31. The zero-order valence-electron chi connectivity index (χ0n) is 13.4. The molecule has 1 aromatic rings. The smallest absolute Gasteiger partial charge is 0.251 e. The van der Waals surface area contributed by atoms with E-state index in [4.69, 9.17) is 4.74 Å². The van der Waals surface area contributed by atoms with Gasteiger partial charge in [0.15, 0.2) is 0 Å². The number of aliphatic hydroxyl groups excluding tert-OH is 1. The Kier molecular flexibility index (Phi) is 4.13. The molecule has 1 amide bonds. The van der Waals surface area contributed by atoms with Gasteiger partial charge in [-0.25, -0.2) is 0 Å². The molecular formula is C18H25NO3. The molecule has 2 aliphatic carbocycles. The number of aliphatic hydroxyl groups is 1. The zero-order valence-corrected chi connectivity index (χ0v) is 13.4. The van der Waals surface area contributed by atoms with Gasteiger partial charge in [0, 0.05) is 5.56 Å². The molecule has 4 nitrogen and oxygen atoms in total. The van der Waals surface area contributed by atoms with Crippen molar-refractivity contribution in [1.29, 1.82) is 0 Å². The van der Waals surface area contributed by atoms with Crippen molar-refractivity contribution in [1.82, 2.24) is 5.32 Å². The van der Waals surface area contributed by atoms with Crippen LogP contribution in [0.2, 0.25) is 0 Å². The van der Waals surface area contributed by atoms with Crippen LogP contribution in [0.25, 0.3) is 0 Å². The van der Waals surface area contributed by atoms with E-state index in [0.29, 0.717) is 17.4 Å². The second kappa shape index (κ2) is 5.92. The summed E-state index contributed by atoms with van der Waals surface area (Å²) >= 11 is 0. The van der Waals surface area contributed by atoms with Crippen LogP contribution in [0.3, 0.4) is 0 Å². The summed E-state index contributed by atoms with van der Waals surface area (Å²) in [6.45, 7) is 4.26. The predicted molar refractivity (Wildman–Crippen MR) is 85.3 cm³/mol. The predicted octanol–water partition coefficient (Wildman–Crippen LogP) is 2.85. The van der Waals surface area contributed by atoms with E-state index in [1.807, 2.05) is 18.2 Å². The van der Waals surface area contributed by atoms with E-state index in [9.17, 15) is 9.90 Å². The van der Waals surface area contributed by atoms with E-state index in [1.54, 1.807) is 13.8 Å². The van der Waals surface area contributed by atoms with Crippen LogP contribution >= 0.6 is 0 Å². The number of carbonyl (C=O) groups excluding carboxylic acids is 1. The van der Waals surface area contributed by atoms with E-state index in [0.717, 1.165) is 12.4 Å². The largest absolute Gasteiger partial charge is 0.493 e.